The maximum absolute atomic E-state index is 11.3. The van der Waals surface area contributed by atoms with Crippen LogP contribution in [0.2, 0.25) is 0 Å². The summed E-state index contributed by atoms with van der Waals surface area (Å²) in [5.74, 6) is -0.0678. The fourth-order valence-corrected chi connectivity index (χ4v) is 1.73. The molecule has 2 rings (SSSR count). The van der Waals surface area contributed by atoms with Gasteiger partial charge in [0.1, 0.15) is 0 Å². The maximum Gasteiger partial charge on any atom is 0.437 e. The number of aromatic nitrogens is 2. The van der Waals surface area contributed by atoms with Crippen LogP contribution in [-0.4, -0.2) is 9.78 Å². The fourth-order valence-electron chi connectivity index (χ4n) is 1.35. The van der Waals surface area contributed by atoms with Crippen molar-refractivity contribution in [2.24, 2.45) is 0 Å². The Kier molecular flexibility index (Phi) is 2.96. The average Bonchev–Trinajstić information content (AvgIpc) is 2.64. The quantitative estimate of drug-likeness (QED) is 0.851. The molecule has 5 heteroatoms. The summed E-state index contributed by atoms with van der Waals surface area (Å²) in [5.41, 5.74) is 1.92. The molecule has 2 aromatic rings. The van der Waals surface area contributed by atoms with Gasteiger partial charge in [0.25, 0.3) is 0 Å². The van der Waals surface area contributed by atoms with E-state index in [9.17, 15) is 4.79 Å². The lowest BCUT2D eigenvalue weighted by molar-refractivity contribution is 0.490. The summed E-state index contributed by atoms with van der Waals surface area (Å²) in [5, 5.41) is 4.09. The Morgan fingerprint density at radius 2 is 2.25 bits per heavy atom. The smallest absolute Gasteiger partial charge is 0.388 e. The molecule has 0 spiro atoms. The third kappa shape index (κ3) is 1.95. The molecule has 0 radical (unpaired) electrons. The molecule has 0 aliphatic rings. The second kappa shape index (κ2) is 4.25. The van der Waals surface area contributed by atoms with Crippen LogP contribution in [0.5, 0.6) is 0 Å². The Morgan fingerprint density at radius 3 is 2.81 bits per heavy atom. The molecule has 4 nitrogen and oxygen atoms in total. The summed E-state index contributed by atoms with van der Waals surface area (Å²) in [4.78, 5) is 11.3. The molecule has 0 saturated carbocycles. The van der Waals surface area contributed by atoms with Gasteiger partial charge in [-0.1, -0.05) is 22.0 Å². The molecule has 0 N–H and O–H groups in total. The first-order valence-corrected chi connectivity index (χ1v) is 5.75. The highest BCUT2D eigenvalue weighted by atomic mass is 79.9. The predicted molar refractivity (Wildman–Crippen MR) is 64.3 cm³/mol. The molecular formula is C11H11BrN2O2. The van der Waals surface area contributed by atoms with E-state index >= 15 is 0 Å². The minimum absolute atomic E-state index is 0.354. The van der Waals surface area contributed by atoms with Gasteiger partial charge in [-0.2, -0.15) is 4.68 Å². The monoisotopic (exact) mass is 282 g/mol. The summed E-state index contributed by atoms with van der Waals surface area (Å²) < 4.78 is 7.33. The van der Waals surface area contributed by atoms with E-state index in [0.29, 0.717) is 12.4 Å². The topological polar surface area (TPSA) is 48.0 Å². The van der Waals surface area contributed by atoms with Crippen LogP contribution in [0.3, 0.4) is 0 Å². The number of rotatable bonds is 2. The lowest BCUT2D eigenvalue weighted by Crippen LogP contribution is -2.13. The molecule has 0 saturated heterocycles. The molecule has 84 valence electrons. The molecule has 1 aromatic carbocycles. The lowest BCUT2D eigenvalue weighted by atomic mass is 10.1. The highest BCUT2D eigenvalue weighted by molar-refractivity contribution is 9.10. The number of hydrogen-bond donors (Lipinski definition) is 0. The number of nitrogens with zero attached hydrogens (tertiary/aromatic N) is 2. The van der Waals surface area contributed by atoms with E-state index in [-0.39, 0.29) is 0 Å². The minimum Gasteiger partial charge on any atom is -0.388 e. The normalized spacial score (nSPS) is 10.7. The third-order valence-electron chi connectivity index (χ3n) is 2.32. The Labute approximate surface area is 101 Å². The van der Waals surface area contributed by atoms with Gasteiger partial charge in [0.15, 0.2) is 0 Å². The van der Waals surface area contributed by atoms with Crippen molar-refractivity contribution in [2.75, 3.05) is 0 Å². The van der Waals surface area contributed by atoms with Crippen molar-refractivity contribution in [1.82, 2.24) is 9.78 Å². The second-order valence-electron chi connectivity index (χ2n) is 3.45. The molecule has 16 heavy (non-hydrogen) atoms. The summed E-state index contributed by atoms with van der Waals surface area (Å²) in [6, 6.07) is 5.72. The minimum atomic E-state index is -0.422. The van der Waals surface area contributed by atoms with E-state index in [2.05, 4.69) is 21.0 Å². The van der Waals surface area contributed by atoms with Crippen LogP contribution < -0.4 is 5.76 Å². The van der Waals surface area contributed by atoms with E-state index in [1.54, 1.807) is 0 Å². The molecular weight excluding hydrogens is 272 g/mol. The van der Waals surface area contributed by atoms with Crippen LogP contribution in [0.25, 0.3) is 11.5 Å². The zero-order chi connectivity index (χ0) is 11.7. The SMILES string of the molecule is CCn1nc(-c2ccc(C)c(Br)c2)oc1=O. The number of benzene rings is 1. The van der Waals surface area contributed by atoms with E-state index in [1.165, 1.54) is 4.68 Å². The molecule has 0 aliphatic heterocycles. The van der Waals surface area contributed by atoms with Crippen LogP contribution in [0.15, 0.2) is 31.9 Å². The van der Waals surface area contributed by atoms with Crippen LogP contribution in [0, 0.1) is 6.92 Å². The van der Waals surface area contributed by atoms with Crippen molar-refractivity contribution in [3.05, 3.63) is 38.8 Å². The van der Waals surface area contributed by atoms with Crippen LogP contribution in [0.4, 0.5) is 0 Å². The van der Waals surface area contributed by atoms with E-state index in [0.717, 1.165) is 15.6 Å². The molecule has 1 heterocycles. The number of halogens is 1. The van der Waals surface area contributed by atoms with Crippen molar-refractivity contribution in [1.29, 1.82) is 0 Å². The number of aryl methyl sites for hydroxylation is 2. The van der Waals surface area contributed by atoms with Crippen LogP contribution in [-0.2, 0) is 6.54 Å². The maximum atomic E-state index is 11.3. The zero-order valence-electron chi connectivity index (χ0n) is 9.03. The van der Waals surface area contributed by atoms with Gasteiger partial charge in [-0.3, -0.25) is 0 Å². The molecule has 0 bridgehead atoms. The average molecular weight is 283 g/mol. The van der Waals surface area contributed by atoms with Gasteiger partial charge in [-0.05, 0) is 31.5 Å². The molecule has 0 amide bonds. The second-order valence-corrected chi connectivity index (χ2v) is 4.31. The van der Waals surface area contributed by atoms with Crippen LogP contribution in [0.1, 0.15) is 12.5 Å². The Bertz CT molecular complexity index is 572. The van der Waals surface area contributed by atoms with Crippen molar-refractivity contribution in [3.8, 4) is 11.5 Å². The summed E-state index contributed by atoms with van der Waals surface area (Å²) in [6.07, 6.45) is 0. The van der Waals surface area contributed by atoms with E-state index < -0.39 is 5.76 Å². The van der Waals surface area contributed by atoms with Crippen molar-refractivity contribution < 1.29 is 4.42 Å². The summed E-state index contributed by atoms with van der Waals surface area (Å²) in [6.45, 7) is 4.35. The Morgan fingerprint density at radius 1 is 1.50 bits per heavy atom. The largest absolute Gasteiger partial charge is 0.437 e. The van der Waals surface area contributed by atoms with Gasteiger partial charge in [0, 0.05) is 16.6 Å². The van der Waals surface area contributed by atoms with E-state index in [4.69, 9.17) is 4.42 Å². The van der Waals surface area contributed by atoms with Gasteiger partial charge < -0.3 is 4.42 Å². The van der Waals surface area contributed by atoms with Gasteiger partial charge >= 0.3 is 5.76 Å². The van der Waals surface area contributed by atoms with Gasteiger partial charge in [-0.15, -0.1) is 5.10 Å². The van der Waals surface area contributed by atoms with Crippen molar-refractivity contribution in [2.45, 2.75) is 20.4 Å². The first kappa shape index (κ1) is 11.1. The third-order valence-corrected chi connectivity index (χ3v) is 3.18. The molecule has 0 unspecified atom stereocenters. The van der Waals surface area contributed by atoms with E-state index in [1.807, 2.05) is 32.0 Å². The number of hydrogen-bond acceptors (Lipinski definition) is 3. The first-order chi connectivity index (χ1) is 7.61. The molecule has 1 aromatic heterocycles. The summed E-state index contributed by atoms with van der Waals surface area (Å²) >= 11 is 3.43. The highest BCUT2D eigenvalue weighted by Gasteiger charge is 2.09. The molecule has 0 atom stereocenters. The zero-order valence-corrected chi connectivity index (χ0v) is 10.6. The first-order valence-electron chi connectivity index (χ1n) is 4.96. The van der Waals surface area contributed by atoms with Crippen LogP contribution >= 0.6 is 15.9 Å². The standard InChI is InChI=1S/C11H11BrN2O2/c1-3-14-11(15)16-10(13-14)8-5-4-7(2)9(12)6-8/h4-6H,3H2,1-2H3. The Balaban J connectivity index is 2.50. The molecule has 0 fully saturated rings. The fraction of sp³-hybridized carbons (Fsp3) is 0.273. The van der Waals surface area contributed by atoms with Gasteiger partial charge in [0.05, 0.1) is 0 Å². The Hall–Kier alpha value is -1.36. The highest BCUT2D eigenvalue weighted by Crippen LogP contribution is 2.23. The van der Waals surface area contributed by atoms with Gasteiger partial charge in [0.2, 0.25) is 5.89 Å². The summed E-state index contributed by atoms with van der Waals surface area (Å²) in [7, 11) is 0. The van der Waals surface area contributed by atoms with Crippen molar-refractivity contribution in [3.63, 3.8) is 0 Å². The molecule has 0 aliphatic carbocycles. The van der Waals surface area contributed by atoms with Gasteiger partial charge in [-0.25, -0.2) is 4.79 Å². The van der Waals surface area contributed by atoms with Crippen molar-refractivity contribution >= 4 is 15.9 Å². The predicted octanol–water partition coefficient (Wildman–Crippen LogP) is 2.59. The lowest BCUT2D eigenvalue weighted by Gasteiger charge is -1.99.